The molecule has 1 aliphatic carbocycles. The summed E-state index contributed by atoms with van der Waals surface area (Å²) in [5, 5.41) is 0. The normalized spacial score (nSPS) is 27.1. The Kier molecular flexibility index (Phi) is 4.70. The van der Waals surface area contributed by atoms with E-state index in [-0.39, 0.29) is 0 Å². The van der Waals surface area contributed by atoms with Crippen molar-refractivity contribution in [3.63, 3.8) is 0 Å². The van der Waals surface area contributed by atoms with Crippen molar-refractivity contribution in [3.05, 3.63) is 23.8 Å². The van der Waals surface area contributed by atoms with Gasteiger partial charge in [0.05, 0.1) is 13.2 Å². The van der Waals surface area contributed by atoms with Gasteiger partial charge in [-0.15, -0.1) is 0 Å². The minimum atomic E-state index is 0.323. The molecule has 0 radical (unpaired) electrons. The summed E-state index contributed by atoms with van der Waals surface area (Å²) in [6.07, 6.45) is 3.85. The van der Waals surface area contributed by atoms with Crippen molar-refractivity contribution in [1.29, 1.82) is 0 Å². The molecule has 3 atom stereocenters. The summed E-state index contributed by atoms with van der Waals surface area (Å²) in [7, 11) is 1.67. The van der Waals surface area contributed by atoms with Crippen LogP contribution in [0.4, 0.5) is 0 Å². The lowest BCUT2D eigenvalue weighted by Crippen LogP contribution is -2.28. The van der Waals surface area contributed by atoms with Crippen LogP contribution in [0.2, 0.25) is 0 Å². The van der Waals surface area contributed by atoms with Gasteiger partial charge in [0.1, 0.15) is 11.5 Å². The van der Waals surface area contributed by atoms with E-state index in [0.717, 1.165) is 41.7 Å². The van der Waals surface area contributed by atoms with Crippen molar-refractivity contribution in [1.82, 2.24) is 0 Å². The minimum absolute atomic E-state index is 0.323. The first kappa shape index (κ1) is 14.2. The average Bonchev–Trinajstić information content (AvgIpc) is 2.42. The second-order valence-corrected chi connectivity index (χ2v) is 5.73. The molecule has 0 spiro atoms. The Labute approximate surface area is 116 Å². The SMILES string of the molecule is COc1cc(CN)cc(OC2CCC(C)C(C)C2)c1. The van der Waals surface area contributed by atoms with E-state index in [1.165, 1.54) is 6.42 Å². The second-order valence-electron chi connectivity index (χ2n) is 5.73. The molecule has 1 aromatic carbocycles. The Bertz CT molecular complexity index is 397. The van der Waals surface area contributed by atoms with Crippen LogP contribution in [0.15, 0.2) is 18.2 Å². The molecule has 1 aromatic rings. The molecule has 0 heterocycles. The quantitative estimate of drug-likeness (QED) is 0.906. The third kappa shape index (κ3) is 3.63. The summed E-state index contributed by atoms with van der Waals surface area (Å²) in [5.74, 6) is 3.24. The Morgan fingerprint density at radius 1 is 1.11 bits per heavy atom. The zero-order valence-corrected chi connectivity index (χ0v) is 12.2. The van der Waals surface area contributed by atoms with Gasteiger partial charge in [0.15, 0.2) is 0 Å². The van der Waals surface area contributed by atoms with E-state index in [4.69, 9.17) is 15.2 Å². The molecule has 2 N–H and O–H groups in total. The van der Waals surface area contributed by atoms with E-state index in [1.807, 2.05) is 18.2 Å². The van der Waals surface area contributed by atoms with Gasteiger partial charge in [0.25, 0.3) is 0 Å². The third-order valence-corrected chi connectivity index (χ3v) is 4.26. The lowest BCUT2D eigenvalue weighted by atomic mass is 9.80. The van der Waals surface area contributed by atoms with E-state index >= 15 is 0 Å². The highest BCUT2D eigenvalue weighted by Gasteiger charge is 2.25. The van der Waals surface area contributed by atoms with Crippen LogP contribution in [0.5, 0.6) is 11.5 Å². The highest BCUT2D eigenvalue weighted by Crippen LogP contribution is 2.33. The summed E-state index contributed by atoms with van der Waals surface area (Å²) in [4.78, 5) is 0. The van der Waals surface area contributed by atoms with E-state index in [2.05, 4.69) is 13.8 Å². The average molecular weight is 263 g/mol. The van der Waals surface area contributed by atoms with Gasteiger partial charge in [0, 0.05) is 12.6 Å². The van der Waals surface area contributed by atoms with Gasteiger partial charge in [-0.1, -0.05) is 13.8 Å². The zero-order valence-electron chi connectivity index (χ0n) is 12.2. The van der Waals surface area contributed by atoms with Crippen LogP contribution in [-0.4, -0.2) is 13.2 Å². The number of nitrogens with two attached hydrogens (primary N) is 1. The maximum Gasteiger partial charge on any atom is 0.123 e. The first-order valence-corrected chi connectivity index (χ1v) is 7.17. The van der Waals surface area contributed by atoms with Crippen LogP contribution in [-0.2, 0) is 6.54 Å². The molecule has 0 aliphatic heterocycles. The van der Waals surface area contributed by atoms with Gasteiger partial charge in [-0.25, -0.2) is 0 Å². The fraction of sp³-hybridized carbons (Fsp3) is 0.625. The third-order valence-electron chi connectivity index (χ3n) is 4.26. The van der Waals surface area contributed by atoms with E-state index in [0.29, 0.717) is 12.6 Å². The molecule has 19 heavy (non-hydrogen) atoms. The van der Waals surface area contributed by atoms with Gasteiger partial charge < -0.3 is 15.2 Å². The number of methoxy groups -OCH3 is 1. The molecule has 3 nitrogen and oxygen atoms in total. The summed E-state index contributed by atoms with van der Waals surface area (Å²) in [6.45, 7) is 5.15. The fourth-order valence-corrected chi connectivity index (χ4v) is 2.73. The monoisotopic (exact) mass is 263 g/mol. The molecular formula is C16H25NO2. The van der Waals surface area contributed by atoms with Crippen LogP contribution in [0.3, 0.4) is 0 Å². The number of ether oxygens (including phenoxy) is 2. The molecule has 0 saturated heterocycles. The molecule has 1 aliphatic rings. The van der Waals surface area contributed by atoms with Crippen LogP contribution in [0.1, 0.15) is 38.7 Å². The summed E-state index contributed by atoms with van der Waals surface area (Å²) >= 11 is 0. The van der Waals surface area contributed by atoms with Crippen molar-refractivity contribution in [2.45, 2.75) is 45.8 Å². The highest BCUT2D eigenvalue weighted by molar-refractivity contribution is 5.38. The summed E-state index contributed by atoms with van der Waals surface area (Å²) < 4.78 is 11.4. The van der Waals surface area contributed by atoms with Crippen LogP contribution >= 0.6 is 0 Å². The molecule has 3 heteroatoms. The van der Waals surface area contributed by atoms with Gasteiger partial charge in [0.2, 0.25) is 0 Å². The maximum absolute atomic E-state index is 6.12. The van der Waals surface area contributed by atoms with Crippen molar-refractivity contribution in [2.75, 3.05) is 7.11 Å². The molecule has 106 valence electrons. The molecular weight excluding hydrogens is 238 g/mol. The van der Waals surface area contributed by atoms with Crippen LogP contribution < -0.4 is 15.2 Å². The minimum Gasteiger partial charge on any atom is -0.497 e. The molecule has 2 rings (SSSR count). The smallest absolute Gasteiger partial charge is 0.123 e. The molecule has 1 fully saturated rings. The fourth-order valence-electron chi connectivity index (χ4n) is 2.73. The highest BCUT2D eigenvalue weighted by atomic mass is 16.5. The Morgan fingerprint density at radius 2 is 1.84 bits per heavy atom. The Morgan fingerprint density at radius 3 is 2.47 bits per heavy atom. The number of rotatable bonds is 4. The number of benzene rings is 1. The lowest BCUT2D eigenvalue weighted by molar-refractivity contribution is 0.100. The van der Waals surface area contributed by atoms with Gasteiger partial charge >= 0.3 is 0 Å². The maximum atomic E-state index is 6.12. The van der Waals surface area contributed by atoms with Crippen molar-refractivity contribution in [3.8, 4) is 11.5 Å². The van der Waals surface area contributed by atoms with Gasteiger partial charge in [-0.3, -0.25) is 0 Å². The van der Waals surface area contributed by atoms with Gasteiger partial charge in [-0.05, 0) is 48.8 Å². The topological polar surface area (TPSA) is 44.5 Å². The van der Waals surface area contributed by atoms with Crippen molar-refractivity contribution < 1.29 is 9.47 Å². The van der Waals surface area contributed by atoms with Crippen LogP contribution in [0.25, 0.3) is 0 Å². The van der Waals surface area contributed by atoms with Crippen LogP contribution in [0, 0.1) is 11.8 Å². The second kappa shape index (κ2) is 6.29. The molecule has 0 aromatic heterocycles. The van der Waals surface area contributed by atoms with Gasteiger partial charge in [-0.2, -0.15) is 0 Å². The molecule has 3 unspecified atom stereocenters. The number of hydrogen-bond donors (Lipinski definition) is 1. The van der Waals surface area contributed by atoms with Crippen molar-refractivity contribution >= 4 is 0 Å². The summed E-state index contributed by atoms with van der Waals surface area (Å²) in [6, 6.07) is 5.92. The Hall–Kier alpha value is -1.22. The van der Waals surface area contributed by atoms with Crippen molar-refractivity contribution in [2.24, 2.45) is 17.6 Å². The standard InChI is InChI=1S/C16H25NO2/c1-11-4-5-14(6-12(11)2)19-16-8-13(10-17)7-15(9-16)18-3/h7-9,11-12,14H,4-6,10,17H2,1-3H3. The lowest BCUT2D eigenvalue weighted by Gasteiger charge is -2.32. The largest absolute Gasteiger partial charge is 0.497 e. The van der Waals surface area contributed by atoms with E-state index < -0.39 is 0 Å². The predicted octanol–water partition coefficient (Wildman–Crippen LogP) is 3.36. The Balaban J connectivity index is 2.06. The zero-order chi connectivity index (χ0) is 13.8. The van der Waals surface area contributed by atoms with E-state index in [1.54, 1.807) is 7.11 Å². The summed E-state index contributed by atoms with van der Waals surface area (Å²) in [5.41, 5.74) is 6.75. The molecule has 0 bridgehead atoms. The van der Waals surface area contributed by atoms with E-state index in [9.17, 15) is 0 Å². The first-order chi connectivity index (χ1) is 9.12. The first-order valence-electron chi connectivity index (χ1n) is 7.17. The molecule has 1 saturated carbocycles. The molecule has 0 amide bonds. The predicted molar refractivity (Wildman–Crippen MR) is 77.5 cm³/mol. The number of hydrogen-bond acceptors (Lipinski definition) is 3.